The van der Waals surface area contributed by atoms with Gasteiger partial charge < -0.3 is 15.2 Å². The number of nitrogens with one attached hydrogen (secondary N) is 1. The number of carboxylic acid groups (broad SMARTS) is 1. The molecule has 2 unspecified atom stereocenters. The molecule has 1 aliphatic rings. The van der Waals surface area contributed by atoms with E-state index in [9.17, 15) is 14.7 Å². The lowest BCUT2D eigenvalue weighted by Crippen LogP contribution is -2.42. The molecule has 2 N–H and O–H groups in total. The maximum atomic E-state index is 12.4. The molecule has 0 bridgehead atoms. The number of ether oxygens (including phenoxy) is 1. The number of hydrogen-bond acceptors (Lipinski definition) is 4. The predicted octanol–water partition coefficient (Wildman–Crippen LogP) is 1.85. The molecule has 1 aromatic rings. The summed E-state index contributed by atoms with van der Waals surface area (Å²) in [4.78, 5) is 27.6. The van der Waals surface area contributed by atoms with E-state index in [1.165, 1.54) is 19.5 Å². The lowest BCUT2D eigenvalue weighted by molar-refractivity contribution is -0.142. The zero-order valence-corrected chi connectivity index (χ0v) is 12.0. The molecule has 1 saturated carbocycles. The Labute approximate surface area is 123 Å². The maximum Gasteiger partial charge on any atom is 0.308 e. The summed E-state index contributed by atoms with van der Waals surface area (Å²) in [6.45, 7) is 0. The highest BCUT2D eigenvalue weighted by atomic mass is 16.5. The van der Waals surface area contributed by atoms with Crippen molar-refractivity contribution in [3.05, 3.63) is 24.0 Å². The molecule has 21 heavy (non-hydrogen) atoms. The van der Waals surface area contributed by atoms with Gasteiger partial charge in [-0.15, -0.1) is 0 Å². The second-order valence-corrected chi connectivity index (χ2v) is 5.24. The normalized spacial score (nSPS) is 22.1. The number of aromatic nitrogens is 1. The number of hydrogen-bond donors (Lipinski definition) is 2. The summed E-state index contributed by atoms with van der Waals surface area (Å²) >= 11 is 0. The zero-order valence-electron chi connectivity index (χ0n) is 12.0. The van der Waals surface area contributed by atoms with Crippen LogP contribution in [0.15, 0.2) is 18.5 Å². The summed E-state index contributed by atoms with van der Waals surface area (Å²) in [5.41, 5.74) is 0.376. The summed E-state index contributed by atoms with van der Waals surface area (Å²) < 4.78 is 5.11. The number of rotatable bonds is 4. The predicted molar refractivity (Wildman–Crippen MR) is 76.3 cm³/mol. The highest BCUT2D eigenvalue weighted by molar-refractivity contribution is 5.97. The van der Waals surface area contributed by atoms with Crippen LogP contribution < -0.4 is 10.1 Å². The Balaban J connectivity index is 2.14. The molecule has 0 saturated heterocycles. The van der Waals surface area contributed by atoms with Crippen molar-refractivity contribution in [3.63, 3.8) is 0 Å². The Morgan fingerprint density at radius 1 is 1.33 bits per heavy atom. The van der Waals surface area contributed by atoms with Crippen LogP contribution in [0, 0.1) is 5.92 Å². The second kappa shape index (κ2) is 7.06. The van der Waals surface area contributed by atoms with E-state index < -0.39 is 11.9 Å². The number of carbonyl (C=O) groups excluding carboxylic acids is 1. The van der Waals surface area contributed by atoms with Crippen LogP contribution in [-0.4, -0.2) is 35.1 Å². The number of carbonyl (C=O) groups is 2. The van der Waals surface area contributed by atoms with Crippen LogP contribution >= 0.6 is 0 Å². The molecule has 1 aliphatic carbocycles. The summed E-state index contributed by atoms with van der Waals surface area (Å²) in [5.74, 6) is -1.30. The number of aliphatic carboxylic acids is 1. The van der Waals surface area contributed by atoms with Gasteiger partial charge in [-0.25, -0.2) is 0 Å². The van der Waals surface area contributed by atoms with Crippen molar-refractivity contribution in [1.29, 1.82) is 0 Å². The highest BCUT2D eigenvalue weighted by Gasteiger charge is 2.31. The SMILES string of the molecule is COc1cnccc1C(=O)NC1CCCCCC1C(=O)O. The van der Waals surface area contributed by atoms with Crippen molar-refractivity contribution in [3.8, 4) is 5.75 Å². The molecule has 114 valence electrons. The van der Waals surface area contributed by atoms with E-state index in [0.717, 1.165) is 19.3 Å². The molecular formula is C15H20N2O4. The van der Waals surface area contributed by atoms with E-state index in [1.807, 2.05) is 0 Å². The summed E-state index contributed by atoms with van der Waals surface area (Å²) in [6, 6.07) is 1.23. The van der Waals surface area contributed by atoms with Gasteiger partial charge in [0.1, 0.15) is 5.75 Å². The fourth-order valence-electron chi connectivity index (χ4n) is 2.75. The molecular weight excluding hydrogens is 272 g/mol. The van der Waals surface area contributed by atoms with Gasteiger partial charge in [-0.1, -0.05) is 19.3 Å². The van der Waals surface area contributed by atoms with Gasteiger partial charge in [0.25, 0.3) is 5.91 Å². The summed E-state index contributed by atoms with van der Waals surface area (Å²) in [7, 11) is 1.47. The molecule has 1 fully saturated rings. The molecule has 1 heterocycles. The van der Waals surface area contributed by atoms with Gasteiger partial charge >= 0.3 is 5.97 Å². The van der Waals surface area contributed by atoms with E-state index in [0.29, 0.717) is 24.2 Å². The second-order valence-electron chi connectivity index (χ2n) is 5.24. The molecule has 2 rings (SSSR count). The van der Waals surface area contributed by atoms with Crippen molar-refractivity contribution in [1.82, 2.24) is 10.3 Å². The number of methoxy groups -OCH3 is 1. The van der Waals surface area contributed by atoms with Crippen LogP contribution in [0.1, 0.15) is 42.5 Å². The molecule has 1 amide bonds. The zero-order chi connectivity index (χ0) is 15.2. The van der Waals surface area contributed by atoms with Crippen LogP contribution in [-0.2, 0) is 4.79 Å². The lowest BCUT2D eigenvalue weighted by atomic mass is 9.94. The number of carboxylic acids is 1. The molecule has 2 atom stereocenters. The third-order valence-corrected chi connectivity index (χ3v) is 3.90. The Kier molecular flexibility index (Phi) is 5.14. The topological polar surface area (TPSA) is 88.5 Å². The largest absolute Gasteiger partial charge is 0.494 e. The van der Waals surface area contributed by atoms with Gasteiger partial charge in [0.15, 0.2) is 0 Å². The van der Waals surface area contributed by atoms with Crippen molar-refractivity contribution in [2.45, 2.75) is 38.1 Å². The molecule has 6 heteroatoms. The first-order valence-electron chi connectivity index (χ1n) is 7.15. The Morgan fingerprint density at radius 2 is 2.10 bits per heavy atom. The number of pyridine rings is 1. The minimum absolute atomic E-state index is 0.313. The van der Waals surface area contributed by atoms with E-state index in [-0.39, 0.29) is 11.9 Å². The summed E-state index contributed by atoms with van der Waals surface area (Å²) in [6.07, 6.45) is 7.11. The molecule has 0 spiro atoms. The van der Waals surface area contributed by atoms with Crippen molar-refractivity contribution >= 4 is 11.9 Å². The van der Waals surface area contributed by atoms with Crippen molar-refractivity contribution in [2.75, 3.05) is 7.11 Å². The Bertz CT molecular complexity index is 518. The van der Waals surface area contributed by atoms with E-state index in [4.69, 9.17) is 4.74 Å². The minimum atomic E-state index is -0.844. The van der Waals surface area contributed by atoms with E-state index in [2.05, 4.69) is 10.3 Å². The van der Waals surface area contributed by atoms with Crippen LogP contribution in [0.4, 0.5) is 0 Å². The van der Waals surface area contributed by atoms with Crippen LogP contribution in [0.5, 0.6) is 5.75 Å². The van der Waals surface area contributed by atoms with Gasteiger partial charge in [0.2, 0.25) is 0 Å². The maximum absolute atomic E-state index is 12.4. The number of amides is 1. The molecule has 1 aromatic heterocycles. The minimum Gasteiger partial charge on any atom is -0.494 e. The lowest BCUT2D eigenvalue weighted by Gasteiger charge is -2.23. The highest BCUT2D eigenvalue weighted by Crippen LogP contribution is 2.25. The van der Waals surface area contributed by atoms with Gasteiger partial charge in [-0.3, -0.25) is 14.6 Å². The fraction of sp³-hybridized carbons (Fsp3) is 0.533. The first-order chi connectivity index (χ1) is 10.1. The Morgan fingerprint density at radius 3 is 2.81 bits per heavy atom. The molecule has 0 aromatic carbocycles. The monoisotopic (exact) mass is 292 g/mol. The molecule has 0 aliphatic heterocycles. The summed E-state index contributed by atoms with van der Waals surface area (Å²) in [5, 5.41) is 12.2. The number of nitrogens with zero attached hydrogens (tertiary/aromatic N) is 1. The first-order valence-corrected chi connectivity index (χ1v) is 7.15. The first kappa shape index (κ1) is 15.3. The fourth-order valence-corrected chi connectivity index (χ4v) is 2.75. The van der Waals surface area contributed by atoms with E-state index in [1.54, 1.807) is 6.07 Å². The molecule has 0 radical (unpaired) electrons. The van der Waals surface area contributed by atoms with Crippen LogP contribution in [0.2, 0.25) is 0 Å². The van der Waals surface area contributed by atoms with Crippen molar-refractivity contribution in [2.24, 2.45) is 5.92 Å². The van der Waals surface area contributed by atoms with Crippen molar-refractivity contribution < 1.29 is 19.4 Å². The van der Waals surface area contributed by atoms with Crippen LogP contribution in [0.3, 0.4) is 0 Å². The Hall–Kier alpha value is -2.11. The average molecular weight is 292 g/mol. The standard InChI is InChI=1S/C15H20N2O4/c1-21-13-9-16-8-7-11(13)14(18)17-12-6-4-2-3-5-10(12)15(19)20/h7-10,12H,2-6H2,1H3,(H,17,18)(H,19,20). The van der Waals surface area contributed by atoms with E-state index >= 15 is 0 Å². The van der Waals surface area contributed by atoms with Crippen LogP contribution in [0.25, 0.3) is 0 Å². The van der Waals surface area contributed by atoms with Gasteiger partial charge in [-0.05, 0) is 18.9 Å². The van der Waals surface area contributed by atoms with Gasteiger partial charge in [-0.2, -0.15) is 0 Å². The average Bonchev–Trinajstić information content (AvgIpc) is 2.72. The quantitative estimate of drug-likeness (QED) is 0.827. The molecule has 6 nitrogen and oxygen atoms in total. The van der Waals surface area contributed by atoms with Gasteiger partial charge in [0, 0.05) is 12.2 Å². The smallest absolute Gasteiger partial charge is 0.308 e. The third kappa shape index (κ3) is 3.71. The van der Waals surface area contributed by atoms with Gasteiger partial charge in [0.05, 0.1) is 24.8 Å². The third-order valence-electron chi connectivity index (χ3n) is 3.90.